The van der Waals surface area contributed by atoms with E-state index in [0.29, 0.717) is 16.8 Å². The van der Waals surface area contributed by atoms with Crippen LogP contribution in [0.3, 0.4) is 0 Å². The second-order valence-corrected chi connectivity index (χ2v) is 7.60. The van der Waals surface area contributed by atoms with Crippen LogP contribution in [0.15, 0.2) is 47.8 Å². The molecule has 156 valence electrons. The molecular weight excluding hydrogens is 402 g/mol. The molecule has 0 aliphatic carbocycles. The van der Waals surface area contributed by atoms with Crippen LogP contribution in [0, 0.1) is 13.8 Å². The summed E-state index contributed by atoms with van der Waals surface area (Å²) in [5.74, 6) is -0.893. The fourth-order valence-corrected chi connectivity index (χ4v) is 4.04. The van der Waals surface area contributed by atoms with Gasteiger partial charge in [-0.1, -0.05) is 0 Å². The van der Waals surface area contributed by atoms with Crippen LogP contribution in [0.2, 0.25) is 0 Å². The van der Waals surface area contributed by atoms with Gasteiger partial charge >= 0.3 is 5.97 Å². The first-order valence-electron chi connectivity index (χ1n) is 9.40. The van der Waals surface area contributed by atoms with Crippen molar-refractivity contribution in [2.45, 2.75) is 20.3 Å². The molecule has 0 saturated carbocycles. The summed E-state index contributed by atoms with van der Waals surface area (Å²) in [7, 11) is 1.30. The summed E-state index contributed by atoms with van der Waals surface area (Å²) < 4.78 is 6.59. The number of nitrogens with zero attached hydrogens (tertiary/aromatic N) is 1. The Morgan fingerprint density at radius 1 is 0.967 bits per heavy atom. The molecule has 0 aliphatic rings. The van der Waals surface area contributed by atoms with Gasteiger partial charge in [-0.2, -0.15) is 0 Å². The molecule has 0 fully saturated rings. The van der Waals surface area contributed by atoms with Crippen molar-refractivity contribution < 1.29 is 19.1 Å². The number of thiophene rings is 1. The minimum absolute atomic E-state index is 0.111. The SMILES string of the molecule is COC(=O)CCNC(=O)c1ccc(NC(=O)c2ccsc2-n2c(C)ccc2C)cc1. The fraction of sp³-hybridized carbons (Fsp3) is 0.227. The first-order valence-corrected chi connectivity index (χ1v) is 10.3. The lowest BCUT2D eigenvalue weighted by Crippen LogP contribution is -2.26. The summed E-state index contributed by atoms with van der Waals surface area (Å²) in [4.78, 5) is 36.0. The molecule has 0 aliphatic heterocycles. The molecule has 0 saturated heterocycles. The van der Waals surface area contributed by atoms with Crippen LogP contribution in [-0.2, 0) is 9.53 Å². The van der Waals surface area contributed by atoms with Crippen molar-refractivity contribution in [1.82, 2.24) is 9.88 Å². The highest BCUT2D eigenvalue weighted by molar-refractivity contribution is 7.13. The van der Waals surface area contributed by atoms with Crippen LogP contribution < -0.4 is 10.6 Å². The van der Waals surface area contributed by atoms with Crippen molar-refractivity contribution in [3.05, 3.63) is 70.4 Å². The molecule has 2 aromatic heterocycles. The molecule has 7 nitrogen and oxygen atoms in total. The lowest BCUT2D eigenvalue weighted by atomic mass is 10.2. The topological polar surface area (TPSA) is 89.4 Å². The third kappa shape index (κ3) is 4.77. The number of aryl methyl sites for hydroxylation is 2. The Morgan fingerprint density at radius 3 is 2.27 bits per heavy atom. The van der Waals surface area contributed by atoms with E-state index in [9.17, 15) is 14.4 Å². The zero-order valence-electron chi connectivity index (χ0n) is 17.0. The van der Waals surface area contributed by atoms with Gasteiger partial charge in [0.1, 0.15) is 5.00 Å². The van der Waals surface area contributed by atoms with Crippen LogP contribution in [0.5, 0.6) is 0 Å². The number of methoxy groups -OCH3 is 1. The van der Waals surface area contributed by atoms with E-state index in [1.54, 1.807) is 30.3 Å². The third-order valence-electron chi connectivity index (χ3n) is 4.61. The number of anilines is 1. The van der Waals surface area contributed by atoms with Gasteiger partial charge < -0.3 is 19.9 Å². The molecule has 3 rings (SSSR count). The van der Waals surface area contributed by atoms with Crippen molar-refractivity contribution in [1.29, 1.82) is 0 Å². The van der Waals surface area contributed by atoms with Crippen molar-refractivity contribution in [2.75, 3.05) is 19.0 Å². The molecule has 2 amide bonds. The van der Waals surface area contributed by atoms with Crippen LogP contribution in [0.1, 0.15) is 38.5 Å². The average Bonchev–Trinajstić information content (AvgIpc) is 3.34. The number of hydrogen-bond donors (Lipinski definition) is 2. The van der Waals surface area contributed by atoms with Gasteiger partial charge in [0.05, 0.1) is 19.1 Å². The number of esters is 1. The van der Waals surface area contributed by atoms with Gasteiger partial charge in [0, 0.05) is 29.2 Å². The second-order valence-electron chi connectivity index (χ2n) is 6.70. The van der Waals surface area contributed by atoms with Crippen LogP contribution in [0.4, 0.5) is 5.69 Å². The minimum Gasteiger partial charge on any atom is -0.469 e. The molecule has 0 spiro atoms. The number of nitrogens with one attached hydrogen (secondary N) is 2. The van der Waals surface area contributed by atoms with Gasteiger partial charge in [0.25, 0.3) is 11.8 Å². The van der Waals surface area contributed by atoms with Gasteiger partial charge in [-0.3, -0.25) is 14.4 Å². The standard InChI is InChI=1S/C22H23N3O4S/c1-14-4-5-15(2)25(14)22-18(11-13-30-22)21(28)24-17-8-6-16(7-9-17)20(27)23-12-10-19(26)29-3/h4-9,11,13H,10,12H2,1-3H3,(H,23,27)(H,24,28). The number of amides is 2. The predicted octanol–water partition coefficient (Wildman–Crippen LogP) is 3.70. The molecule has 0 radical (unpaired) electrons. The molecule has 1 aromatic carbocycles. The number of ether oxygens (including phenoxy) is 1. The van der Waals surface area contributed by atoms with E-state index in [4.69, 9.17) is 0 Å². The number of carbonyl (C=O) groups excluding carboxylic acids is 3. The van der Waals surface area contributed by atoms with E-state index in [0.717, 1.165) is 16.4 Å². The Labute approximate surface area is 178 Å². The number of carbonyl (C=O) groups is 3. The summed E-state index contributed by atoms with van der Waals surface area (Å²) >= 11 is 1.51. The summed E-state index contributed by atoms with van der Waals surface area (Å²) in [6.07, 6.45) is 0.111. The summed E-state index contributed by atoms with van der Waals surface area (Å²) in [5, 5.41) is 8.29. The van der Waals surface area contributed by atoms with Gasteiger partial charge in [-0.25, -0.2) is 0 Å². The fourth-order valence-electron chi connectivity index (χ4n) is 3.02. The van der Waals surface area contributed by atoms with E-state index < -0.39 is 0 Å². The maximum atomic E-state index is 12.8. The number of aromatic nitrogens is 1. The van der Waals surface area contributed by atoms with Gasteiger partial charge in [-0.05, 0) is 61.7 Å². The van der Waals surface area contributed by atoms with Gasteiger partial charge in [0.2, 0.25) is 0 Å². The molecule has 2 heterocycles. The first kappa shape index (κ1) is 21.3. The van der Waals surface area contributed by atoms with Gasteiger partial charge in [-0.15, -0.1) is 11.3 Å². The van der Waals surface area contributed by atoms with E-state index in [-0.39, 0.29) is 30.7 Å². The predicted molar refractivity (Wildman–Crippen MR) is 116 cm³/mol. The van der Waals surface area contributed by atoms with Crippen LogP contribution in [0.25, 0.3) is 5.00 Å². The molecular formula is C22H23N3O4S. The summed E-state index contributed by atoms with van der Waals surface area (Å²) in [6.45, 7) is 4.20. The molecule has 0 bridgehead atoms. The Kier molecular flexibility index (Phi) is 6.68. The van der Waals surface area contributed by atoms with Crippen LogP contribution in [-0.4, -0.2) is 36.0 Å². The largest absolute Gasteiger partial charge is 0.469 e. The normalized spacial score (nSPS) is 10.5. The molecule has 8 heteroatoms. The Balaban J connectivity index is 1.65. The van der Waals surface area contributed by atoms with Crippen LogP contribution >= 0.6 is 11.3 Å². The van der Waals surface area contributed by atoms with E-state index in [1.165, 1.54) is 18.4 Å². The monoisotopic (exact) mass is 425 g/mol. The summed E-state index contributed by atoms with van der Waals surface area (Å²) in [6, 6.07) is 12.4. The maximum absolute atomic E-state index is 12.8. The van der Waals surface area contributed by atoms with E-state index in [1.807, 2.05) is 31.4 Å². The quantitative estimate of drug-likeness (QED) is 0.565. The molecule has 2 N–H and O–H groups in total. The minimum atomic E-state index is -0.383. The highest BCUT2D eigenvalue weighted by atomic mass is 32.1. The highest BCUT2D eigenvalue weighted by Crippen LogP contribution is 2.26. The zero-order chi connectivity index (χ0) is 21.7. The molecule has 0 unspecified atom stereocenters. The van der Waals surface area contributed by atoms with Crippen molar-refractivity contribution in [3.63, 3.8) is 0 Å². The van der Waals surface area contributed by atoms with E-state index in [2.05, 4.69) is 19.9 Å². The number of hydrogen-bond acceptors (Lipinski definition) is 5. The van der Waals surface area contributed by atoms with Crippen molar-refractivity contribution in [3.8, 4) is 5.00 Å². The average molecular weight is 426 g/mol. The van der Waals surface area contributed by atoms with Gasteiger partial charge in [0.15, 0.2) is 0 Å². The summed E-state index contributed by atoms with van der Waals surface area (Å²) in [5.41, 5.74) is 3.74. The Morgan fingerprint density at radius 2 is 1.63 bits per heavy atom. The lowest BCUT2D eigenvalue weighted by Gasteiger charge is -2.11. The number of rotatable bonds is 7. The lowest BCUT2D eigenvalue weighted by molar-refractivity contribution is -0.140. The van der Waals surface area contributed by atoms with Crippen molar-refractivity contribution >= 4 is 34.8 Å². The molecule has 30 heavy (non-hydrogen) atoms. The Hall–Kier alpha value is -3.39. The Bertz CT molecular complexity index is 1050. The smallest absolute Gasteiger partial charge is 0.307 e. The van der Waals surface area contributed by atoms with E-state index >= 15 is 0 Å². The maximum Gasteiger partial charge on any atom is 0.307 e. The highest BCUT2D eigenvalue weighted by Gasteiger charge is 2.17. The third-order valence-corrected chi connectivity index (χ3v) is 5.51. The second kappa shape index (κ2) is 9.41. The van der Waals surface area contributed by atoms with Crippen molar-refractivity contribution in [2.24, 2.45) is 0 Å². The first-order chi connectivity index (χ1) is 14.4. The molecule has 0 atom stereocenters. The zero-order valence-corrected chi connectivity index (χ0v) is 17.8. The molecule has 3 aromatic rings. The number of benzene rings is 1.